The Hall–Kier alpha value is -2.04. The van der Waals surface area contributed by atoms with Gasteiger partial charge in [-0.1, -0.05) is 37.3 Å². The number of carbonyl (C=O) groups is 2. The van der Waals surface area contributed by atoms with Gasteiger partial charge in [0.15, 0.2) is 0 Å². The number of rotatable bonds is 5. The highest BCUT2D eigenvalue weighted by atomic mass is 16.4. The number of nitrogens with one attached hydrogen (secondary N) is 1. The fraction of sp³-hybridized carbons (Fsp3) is 0.529. The molecule has 2 rings (SSSR count). The number of carbonyl (C=O) groups excluding carboxylic acids is 1. The smallest absolute Gasteiger partial charge is 0.317 e. The Bertz CT molecular complexity index is 504. The second-order valence-corrected chi connectivity index (χ2v) is 5.83. The number of nitrogens with zero attached hydrogens (tertiary/aromatic N) is 1. The molecule has 0 bridgehead atoms. The lowest BCUT2D eigenvalue weighted by molar-refractivity contribution is -0.143. The van der Waals surface area contributed by atoms with Crippen molar-refractivity contribution < 1.29 is 14.7 Å². The molecule has 2 unspecified atom stereocenters. The van der Waals surface area contributed by atoms with Crippen LogP contribution in [0.25, 0.3) is 0 Å². The Labute approximate surface area is 131 Å². The normalized spacial score (nSPS) is 19.5. The summed E-state index contributed by atoms with van der Waals surface area (Å²) in [6, 6.07) is 9.97. The van der Waals surface area contributed by atoms with Gasteiger partial charge in [0.1, 0.15) is 0 Å². The summed E-state index contributed by atoms with van der Waals surface area (Å²) >= 11 is 0. The topological polar surface area (TPSA) is 69.6 Å². The van der Waals surface area contributed by atoms with E-state index < -0.39 is 11.9 Å². The van der Waals surface area contributed by atoms with Gasteiger partial charge in [0.2, 0.25) is 0 Å². The summed E-state index contributed by atoms with van der Waals surface area (Å²) in [5.74, 6) is -0.964. The van der Waals surface area contributed by atoms with Crippen LogP contribution in [0.1, 0.15) is 37.7 Å². The molecular formula is C17H24N2O3. The van der Waals surface area contributed by atoms with Gasteiger partial charge in [-0.25, -0.2) is 4.79 Å². The van der Waals surface area contributed by atoms with Gasteiger partial charge in [0.05, 0.1) is 5.92 Å². The van der Waals surface area contributed by atoms with Gasteiger partial charge in [-0.2, -0.15) is 0 Å². The van der Waals surface area contributed by atoms with Crippen molar-refractivity contribution in [2.75, 3.05) is 19.6 Å². The lowest BCUT2D eigenvalue weighted by Gasteiger charge is -2.31. The average molecular weight is 304 g/mol. The van der Waals surface area contributed by atoms with E-state index in [1.807, 2.05) is 18.2 Å². The van der Waals surface area contributed by atoms with Crippen LogP contribution in [0.4, 0.5) is 4.79 Å². The van der Waals surface area contributed by atoms with Crippen molar-refractivity contribution in [3.8, 4) is 0 Å². The first-order valence-corrected chi connectivity index (χ1v) is 7.92. The maximum Gasteiger partial charge on any atom is 0.317 e. The van der Waals surface area contributed by atoms with Gasteiger partial charge in [0.25, 0.3) is 0 Å². The highest BCUT2D eigenvalue weighted by molar-refractivity contribution is 5.76. The number of hydrogen-bond donors (Lipinski definition) is 2. The van der Waals surface area contributed by atoms with E-state index in [1.54, 1.807) is 4.90 Å². The molecule has 1 aromatic rings. The molecular weight excluding hydrogens is 280 g/mol. The molecule has 5 nitrogen and oxygen atoms in total. The zero-order valence-corrected chi connectivity index (χ0v) is 13.0. The lowest BCUT2D eigenvalue weighted by Crippen LogP contribution is -2.47. The van der Waals surface area contributed by atoms with Crippen LogP contribution in [0.3, 0.4) is 0 Å². The summed E-state index contributed by atoms with van der Waals surface area (Å²) in [4.78, 5) is 24.9. The number of urea groups is 1. The molecule has 120 valence electrons. The van der Waals surface area contributed by atoms with Crippen LogP contribution in [0, 0.1) is 5.92 Å². The Morgan fingerprint density at radius 1 is 1.36 bits per heavy atom. The van der Waals surface area contributed by atoms with E-state index >= 15 is 0 Å². The lowest BCUT2D eigenvalue weighted by atomic mass is 9.96. The van der Waals surface area contributed by atoms with E-state index in [9.17, 15) is 9.59 Å². The molecule has 2 atom stereocenters. The van der Waals surface area contributed by atoms with Crippen molar-refractivity contribution in [1.82, 2.24) is 10.2 Å². The van der Waals surface area contributed by atoms with E-state index in [2.05, 4.69) is 24.4 Å². The Morgan fingerprint density at radius 2 is 2.09 bits per heavy atom. The third-order valence-corrected chi connectivity index (χ3v) is 4.32. The molecule has 1 aromatic carbocycles. The van der Waals surface area contributed by atoms with Crippen LogP contribution in [0.15, 0.2) is 30.3 Å². The minimum atomic E-state index is -0.812. The Kier molecular flexibility index (Phi) is 5.81. The molecule has 0 aromatic heterocycles. The molecule has 2 N–H and O–H groups in total. The summed E-state index contributed by atoms with van der Waals surface area (Å²) in [5.41, 5.74) is 1.22. The van der Waals surface area contributed by atoms with Gasteiger partial charge in [-0.05, 0) is 24.8 Å². The van der Waals surface area contributed by atoms with Crippen molar-refractivity contribution in [3.63, 3.8) is 0 Å². The molecule has 22 heavy (non-hydrogen) atoms. The van der Waals surface area contributed by atoms with Crippen LogP contribution >= 0.6 is 0 Å². The first-order chi connectivity index (χ1) is 10.6. The van der Waals surface area contributed by atoms with E-state index in [0.29, 0.717) is 26.1 Å². The number of hydrogen-bond acceptors (Lipinski definition) is 2. The number of piperidine rings is 1. The number of carboxylic acids is 1. The zero-order chi connectivity index (χ0) is 15.9. The molecule has 0 aliphatic carbocycles. The molecule has 2 amide bonds. The SMILES string of the molecule is CCC(CNC(=O)N1CCCC(C(=O)O)C1)c1ccccc1. The second kappa shape index (κ2) is 7.82. The van der Waals surface area contributed by atoms with Crippen molar-refractivity contribution in [1.29, 1.82) is 0 Å². The predicted molar refractivity (Wildman–Crippen MR) is 84.8 cm³/mol. The fourth-order valence-electron chi connectivity index (χ4n) is 2.91. The standard InChI is InChI=1S/C17H24N2O3/c1-2-13(14-7-4-3-5-8-14)11-18-17(22)19-10-6-9-15(12-19)16(20)21/h3-5,7-8,13,15H,2,6,9-12H2,1H3,(H,18,22)(H,20,21). The van der Waals surface area contributed by atoms with E-state index in [0.717, 1.165) is 12.8 Å². The van der Waals surface area contributed by atoms with Gasteiger partial charge in [0, 0.05) is 25.6 Å². The summed E-state index contributed by atoms with van der Waals surface area (Å²) in [6.45, 7) is 3.62. The molecule has 0 spiro atoms. The molecule has 0 radical (unpaired) electrons. The van der Waals surface area contributed by atoms with Gasteiger partial charge in [-0.15, -0.1) is 0 Å². The first kappa shape index (κ1) is 16.3. The molecule has 1 fully saturated rings. The highest BCUT2D eigenvalue weighted by Crippen LogP contribution is 2.19. The Balaban J connectivity index is 1.87. The average Bonchev–Trinajstić information content (AvgIpc) is 2.56. The monoisotopic (exact) mass is 304 g/mol. The molecule has 1 aliphatic heterocycles. The zero-order valence-electron chi connectivity index (χ0n) is 13.0. The van der Waals surface area contributed by atoms with Crippen molar-refractivity contribution in [2.24, 2.45) is 5.92 Å². The first-order valence-electron chi connectivity index (χ1n) is 7.92. The summed E-state index contributed by atoms with van der Waals surface area (Å²) < 4.78 is 0. The Morgan fingerprint density at radius 3 is 2.73 bits per heavy atom. The molecule has 0 saturated carbocycles. The van der Waals surface area contributed by atoms with Gasteiger partial charge >= 0.3 is 12.0 Å². The minimum Gasteiger partial charge on any atom is -0.481 e. The molecule has 5 heteroatoms. The van der Waals surface area contributed by atoms with E-state index in [1.165, 1.54) is 5.56 Å². The minimum absolute atomic E-state index is 0.152. The number of amides is 2. The summed E-state index contributed by atoms with van der Waals surface area (Å²) in [6.07, 6.45) is 2.35. The number of likely N-dealkylation sites (tertiary alicyclic amines) is 1. The quantitative estimate of drug-likeness (QED) is 0.878. The third-order valence-electron chi connectivity index (χ3n) is 4.32. The highest BCUT2D eigenvalue weighted by Gasteiger charge is 2.28. The van der Waals surface area contributed by atoms with E-state index in [4.69, 9.17) is 5.11 Å². The summed E-state index contributed by atoms with van der Waals surface area (Å²) in [7, 11) is 0. The van der Waals surface area contributed by atoms with Crippen molar-refractivity contribution in [2.45, 2.75) is 32.1 Å². The second-order valence-electron chi connectivity index (χ2n) is 5.83. The molecule has 1 aliphatic rings. The molecule has 1 heterocycles. The number of benzene rings is 1. The van der Waals surface area contributed by atoms with Gasteiger partial charge < -0.3 is 15.3 Å². The van der Waals surface area contributed by atoms with E-state index in [-0.39, 0.29) is 11.9 Å². The van der Waals surface area contributed by atoms with Crippen molar-refractivity contribution in [3.05, 3.63) is 35.9 Å². The number of aliphatic carboxylic acids is 1. The van der Waals surface area contributed by atoms with Crippen molar-refractivity contribution >= 4 is 12.0 Å². The fourth-order valence-corrected chi connectivity index (χ4v) is 2.91. The third kappa shape index (κ3) is 4.23. The van der Waals surface area contributed by atoms with Crippen LogP contribution in [0.5, 0.6) is 0 Å². The van der Waals surface area contributed by atoms with Crippen LogP contribution in [-0.4, -0.2) is 41.6 Å². The largest absolute Gasteiger partial charge is 0.481 e. The van der Waals surface area contributed by atoms with Gasteiger partial charge in [-0.3, -0.25) is 4.79 Å². The predicted octanol–water partition coefficient (Wildman–Crippen LogP) is 2.69. The summed E-state index contributed by atoms with van der Waals surface area (Å²) in [5, 5.41) is 12.0. The van der Waals surface area contributed by atoms with Crippen LogP contribution in [0.2, 0.25) is 0 Å². The van der Waals surface area contributed by atoms with Crippen LogP contribution < -0.4 is 5.32 Å². The maximum absolute atomic E-state index is 12.2. The molecule has 1 saturated heterocycles. The number of carboxylic acid groups (broad SMARTS) is 1. The van der Waals surface area contributed by atoms with Crippen LogP contribution in [-0.2, 0) is 4.79 Å². The maximum atomic E-state index is 12.2.